The van der Waals surface area contributed by atoms with Gasteiger partial charge in [-0.3, -0.25) is 9.59 Å². The van der Waals surface area contributed by atoms with Crippen LogP contribution in [0.5, 0.6) is 5.75 Å². The number of nitrogens with zero attached hydrogens (tertiary/aromatic N) is 1. The zero-order valence-corrected chi connectivity index (χ0v) is 12.5. The van der Waals surface area contributed by atoms with Crippen LogP contribution in [0.1, 0.15) is 6.92 Å². The van der Waals surface area contributed by atoms with Crippen molar-refractivity contribution in [3.8, 4) is 5.75 Å². The van der Waals surface area contributed by atoms with Gasteiger partial charge in [0.05, 0.1) is 7.11 Å². The van der Waals surface area contributed by atoms with Crippen molar-refractivity contribution in [2.24, 2.45) is 5.73 Å². The molecular weight excluding hydrogens is 303 g/mol. The van der Waals surface area contributed by atoms with Gasteiger partial charge in [0.2, 0.25) is 0 Å². The molecule has 0 aliphatic carbocycles. The van der Waals surface area contributed by atoms with Crippen molar-refractivity contribution in [1.82, 2.24) is 0 Å². The molecule has 5 nitrogen and oxygen atoms in total. The number of benzene rings is 1. The Kier molecular flexibility index (Phi) is 5.85. The van der Waals surface area contributed by atoms with Crippen LogP contribution in [-0.4, -0.2) is 25.5 Å². The second kappa shape index (κ2) is 7.17. The summed E-state index contributed by atoms with van der Waals surface area (Å²) in [5.74, 6) is -0.881. The lowest BCUT2D eigenvalue weighted by Crippen LogP contribution is -2.31. The number of ether oxygens (including phenoxy) is 1. The fourth-order valence-electron chi connectivity index (χ4n) is 1.53. The van der Waals surface area contributed by atoms with Crippen LogP contribution in [0.4, 0.5) is 5.69 Å². The number of likely N-dealkylation sites (N-methyl/N-ethyl adjacent to an activating group) is 1. The average molecular weight is 317 g/mol. The van der Waals surface area contributed by atoms with E-state index in [1.807, 2.05) is 0 Å². The molecule has 0 aromatic heterocycles. The molecule has 0 atom stereocenters. The zero-order valence-electron chi connectivity index (χ0n) is 11.0. The summed E-state index contributed by atoms with van der Waals surface area (Å²) in [6.45, 7) is 2.12. The van der Waals surface area contributed by atoms with Gasteiger partial charge in [0.1, 0.15) is 15.8 Å². The number of carbonyl (C=O) groups excluding carboxylic acids is 2. The third-order valence-corrected chi connectivity index (χ3v) is 3.36. The van der Waals surface area contributed by atoms with Crippen molar-refractivity contribution in [2.45, 2.75) is 6.92 Å². The van der Waals surface area contributed by atoms with Crippen molar-refractivity contribution >= 4 is 40.7 Å². The molecule has 0 fully saturated rings. The molecule has 0 saturated carbocycles. The first-order chi connectivity index (χ1) is 9.42. The molecule has 0 spiro atoms. The first-order valence-corrected chi connectivity index (χ1v) is 6.49. The van der Waals surface area contributed by atoms with Crippen molar-refractivity contribution in [3.63, 3.8) is 0 Å². The number of hydrogen-bond donors (Lipinski definition) is 1. The Balaban J connectivity index is 3.09. The molecule has 1 aromatic rings. The Morgan fingerprint density at radius 2 is 1.75 bits per heavy atom. The van der Waals surface area contributed by atoms with Gasteiger partial charge in [-0.15, -0.1) is 0 Å². The second-order valence-electron chi connectivity index (χ2n) is 3.74. The maximum absolute atomic E-state index is 12.2. The number of hydrogen-bond acceptors (Lipinski definition) is 3. The molecule has 0 radical (unpaired) electrons. The molecular formula is C13H14Cl2N2O3. The van der Waals surface area contributed by atoms with Gasteiger partial charge in [-0.05, 0) is 31.2 Å². The van der Waals surface area contributed by atoms with E-state index >= 15 is 0 Å². The lowest BCUT2D eigenvalue weighted by molar-refractivity contribution is -0.116. The quantitative estimate of drug-likeness (QED) is 0.846. The van der Waals surface area contributed by atoms with Gasteiger partial charge >= 0.3 is 0 Å². The number of nitrogens with two attached hydrogens (primary N) is 1. The molecule has 0 unspecified atom stereocenters. The maximum atomic E-state index is 12.2. The molecule has 1 aromatic carbocycles. The SMILES string of the molecule is CCN(C(=O)C(Cl)=C(Cl)C(N)=O)c1ccc(OC)cc1. The van der Waals surface area contributed by atoms with Gasteiger partial charge in [0.15, 0.2) is 0 Å². The van der Waals surface area contributed by atoms with E-state index in [2.05, 4.69) is 0 Å². The number of amides is 2. The van der Waals surface area contributed by atoms with Gasteiger partial charge in [-0.2, -0.15) is 0 Å². The average Bonchev–Trinajstić information content (AvgIpc) is 2.46. The van der Waals surface area contributed by atoms with E-state index in [0.717, 1.165) is 0 Å². The summed E-state index contributed by atoms with van der Waals surface area (Å²) >= 11 is 11.4. The van der Waals surface area contributed by atoms with Crippen LogP contribution in [0.15, 0.2) is 34.3 Å². The highest BCUT2D eigenvalue weighted by atomic mass is 35.5. The minimum Gasteiger partial charge on any atom is -0.497 e. The van der Waals surface area contributed by atoms with Crippen molar-refractivity contribution in [3.05, 3.63) is 34.3 Å². The summed E-state index contributed by atoms with van der Waals surface area (Å²) < 4.78 is 5.04. The molecule has 1 rings (SSSR count). The monoisotopic (exact) mass is 316 g/mol. The minimum atomic E-state index is -0.948. The van der Waals surface area contributed by atoms with Crippen molar-refractivity contribution in [1.29, 1.82) is 0 Å². The number of carbonyl (C=O) groups is 2. The Morgan fingerprint density at radius 1 is 1.20 bits per heavy atom. The topological polar surface area (TPSA) is 72.6 Å². The van der Waals surface area contributed by atoms with Crippen LogP contribution in [0, 0.1) is 0 Å². The number of primary amides is 1. The molecule has 108 valence electrons. The van der Waals surface area contributed by atoms with E-state index < -0.39 is 21.9 Å². The van der Waals surface area contributed by atoms with E-state index in [0.29, 0.717) is 18.0 Å². The predicted octanol–water partition coefficient (Wildman–Crippen LogP) is 2.22. The Bertz CT molecular complexity index is 541. The lowest BCUT2D eigenvalue weighted by Gasteiger charge is -2.21. The van der Waals surface area contributed by atoms with Crippen LogP contribution in [0.2, 0.25) is 0 Å². The van der Waals surface area contributed by atoms with E-state index in [1.54, 1.807) is 38.3 Å². The Labute approximate surface area is 126 Å². The lowest BCUT2D eigenvalue weighted by atomic mass is 10.2. The highest BCUT2D eigenvalue weighted by molar-refractivity contribution is 6.54. The number of halogens is 2. The van der Waals surface area contributed by atoms with Gasteiger partial charge in [-0.1, -0.05) is 23.2 Å². The maximum Gasteiger partial charge on any atom is 0.271 e. The molecule has 2 N–H and O–H groups in total. The van der Waals surface area contributed by atoms with Crippen LogP contribution in [-0.2, 0) is 9.59 Å². The van der Waals surface area contributed by atoms with Crippen LogP contribution >= 0.6 is 23.2 Å². The Morgan fingerprint density at radius 3 is 2.15 bits per heavy atom. The van der Waals surface area contributed by atoms with Crippen molar-refractivity contribution < 1.29 is 14.3 Å². The first-order valence-electron chi connectivity index (χ1n) is 5.73. The predicted molar refractivity (Wildman–Crippen MR) is 78.9 cm³/mol. The standard InChI is InChI=1S/C13H14Cl2N2O3/c1-3-17(8-4-6-9(20-2)7-5-8)13(19)11(15)10(14)12(16)18/h4-7H,3H2,1-2H3,(H2,16,18). The Hall–Kier alpha value is -1.72. The zero-order chi connectivity index (χ0) is 15.3. The van der Waals surface area contributed by atoms with Crippen LogP contribution in [0.25, 0.3) is 0 Å². The molecule has 0 bridgehead atoms. The molecule has 2 amide bonds. The van der Waals surface area contributed by atoms with Crippen molar-refractivity contribution in [2.75, 3.05) is 18.6 Å². The smallest absolute Gasteiger partial charge is 0.271 e. The molecule has 0 heterocycles. The first kappa shape index (κ1) is 16.3. The highest BCUT2D eigenvalue weighted by Gasteiger charge is 2.22. The van der Waals surface area contributed by atoms with Crippen LogP contribution < -0.4 is 15.4 Å². The molecule has 0 saturated heterocycles. The van der Waals surface area contributed by atoms with E-state index in [1.165, 1.54) is 4.90 Å². The third-order valence-electron chi connectivity index (χ3n) is 2.54. The molecule has 20 heavy (non-hydrogen) atoms. The van der Waals surface area contributed by atoms with E-state index in [4.69, 9.17) is 33.7 Å². The van der Waals surface area contributed by atoms with E-state index in [-0.39, 0.29) is 0 Å². The summed E-state index contributed by atoms with van der Waals surface area (Å²) in [5, 5.41) is -0.888. The normalized spacial score (nSPS) is 11.6. The fraction of sp³-hybridized carbons (Fsp3) is 0.231. The minimum absolute atomic E-state index is 0.352. The second-order valence-corrected chi connectivity index (χ2v) is 4.50. The summed E-state index contributed by atoms with van der Waals surface area (Å²) in [6, 6.07) is 6.81. The van der Waals surface area contributed by atoms with Gasteiger partial charge in [0.25, 0.3) is 11.8 Å². The number of methoxy groups -OCH3 is 1. The fourth-order valence-corrected chi connectivity index (χ4v) is 1.80. The highest BCUT2D eigenvalue weighted by Crippen LogP contribution is 2.23. The third kappa shape index (κ3) is 3.65. The summed E-state index contributed by atoms with van der Waals surface area (Å²) in [6.07, 6.45) is 0. The van der Waals surface area contributed by atoms with Gasteiger partial charge < -0.3 is 15.4 Å². The molecule has 0 aliphatic heterocycles. The van der Waals surface area contributed by atoms with Gasteiger partial charge in [-0.25, -0.2) is 0 Å². The number of anilines is 1. The summed E-state index contributed by atoms with van der Waals surface area (Å²) in [4.78, 5) is 24.5. The molecule has 7 heteroatoms. The van der Waals surface area contributed by atoms with Gasteiger partial charge in [0, 0.05) is 12.2 Å². The molecule has 0 aliphatic rings. The van der Waals surface area contributed by atoms with E-state index in [9.17, 15) is 9.59 Å². The summed E-state index contributed by atoms with van der Waals surface area (Å²) in [7, 11) is 1.55. The number of rotatable bonds is 5. The van der Waals surface area contributed by atoms with Crippen LogP contribution in [0.3, 0.4) is 0 Å². The largest absolute Gasteiger partial charge is 0.497 e. The summed E-state index contributed by atoms with van der Waals surface area (Å²) in [5.41, 5.74) is 5.59.